The molecule has 5 heteroatoms. The highest BCUT2D eigenvalue weighted by Gasteiger charge is 2.50. The fraction of sp³-hybridized carbons (Fsp3) is 0.786. The molecule has 3 nitrogen and oxygen atoms in total. The second-order valence-corrected chi connectivity index (χ2v) is 11.6. The number of allylic oxidation sites excluding steroid dienone is 3. The molecule has 1 saturated heterocycles. The third-order valence-electron chi connectivity index (χ3n) is 9.52. The molecule has 0 radical (unpaired) electrons. The minimum absolute atomic E-state index is 0.298. The molecule has 1 aliphatic heterocycles. The van der Waals surface area contributed by atoms with Crippen LogP contribution in [0.2, 0.25) is 0 Å². The molecule has 4 rings (SSSR count). The first-order valence-electron chi connectivity index (χ1n) is 13.1. The molecule has 3 saturated carbocycles. The second-order valence-electron chi connectivity index (χ2n) is 11.6. The summed E-state index contributed by atoms with van der Waals surface area (Å²) in [7, 11) is 0. The van der Waals surface area contributed by atoms with Crippen molar-refractivity contribution in [3.8, 4) is 0 Å². The van der Waals surface area contributed by atoms with E-state index in [0.29, 0.717) is 48.9 Å². The van der Waals surface area contributed by atoms with Gasteiger partial charge in [-0.05, 0) is 98.8 Å². The second kappa shape index (κ2) is 10.3. The van der Waals surface area contributed by atoms with Gasteiger partial charge in [0.2, 0.25) is 6.43 Å². The van der Waals surface area contributed by atoms with Crippen LogP contribution in [0.4, 0.5) is 8.78 Å². The van der Waals surface area contributed by atoms with Gasteiger partial charge in [0.05, 0.1) is 12.2 Å². The average molecular weight is 464 g/mol. The van der Waals surface area contributed by atoms with E-state index < -0.39 is 24.6 Å². The van der Waals surface area contributed by atoms with Crippen LogP contribution in [0.25, 0.3) is 0 Å². The highest BCUT2D eigenvalue weighted by Crippen LogP contribution is 2.59. The van der Waals surface area contributed by atoms with Gasteiger partial charge < -0.3 is 15.1 Å². The third kappa shape index (κ3) is 5.31. The van der Waals surface area contributed by atoms with Crippen LogP contribution in [-0.4, -0.2) is 53.4 Å². The van der Waals surface area contributed by atoms with E-state index in [-0.39, 0.29) is 0 Å². The lowest BCUT2D eigenvalue weighted by Gasteiger charge is -2.45. The fourth-order valence-electron chi connectivity index (χ4n) is 7.60. The van der Waals surface area contributed by atoms with Gasteiger partial charge >= 0.3 is 0 Å². The van der Waals surface area contributed by atoms with Crippen LogP contribution >= 0.6 is 0 Å². The van der Waals surface area contributed by atoms with Gasteiger partial charge in [0.25, 0.3) is 0 Å². The molecule has 1 unspecified atom stereocenters. The largest absolute Gasteiger partial charge is 0.393 e. The minimum atomic E-state index is -2.17. The van der Waals surface area contributed by atoms with Crippen LogP contribution in [-0.2, 0) is 0 Å². The molecule has 0 aromatic carbocycles. The van der Waals surface area contributed by atoms with Crippen LogP contribution in [0.15, 0.2) is 35.5 Å². The van der Waals surface area contributed by atoms with E-state index in [0.717, 1.165) is 37.2 Å². The van der Waals surface area contributed by atoms with E-state index in [1.54, 1.807) is 0 Å². The van der Waals surface area contributed by atoms with Crippen molar-refractivity contribution in [3.05, 3.63) is 35.5 Å². The Morgan fingerprint density at radius 1 is 1.15 bits per heavy atom. The maximum absolute atomic E-state index is 13.0. The Bertz CT molecular complexity index is 770. The van der Waals surface area contributed by atoms with Gasteiger partial charge in [0.1, 0.15) is 0 Å². The van der Waals surface area contributed by atoms with Crippen LogP contribution in [0.5, 0.6) is 0 Å². The Balaban J connectivity index is 1.41. The summed E-state index contributed by atoms with van der Waals surface area (Å²) < 4.78 is 26.0. The molecule has 3 aliphatic carbocycles. The summed E-state index contributed by atoms with van der Waals surface area (Å²) in [6.45, 7) is 11.6. The number of halogens is 2. The van der Waals surface area contributed by atoms with Crippen molar-refractivity contribution < 1.29 is 19.0 Å². The molecule has 0 aromatic rings. The maximum Gasteiger partial charge on any atom is 0.241 e. The molecule has 0 spiro atoms. The van der Waals surface area contributed by atoms with Crippen molar-refractivity contribution in [1.29, 1.82) is 0 Å². The number of fused-ring (bicyclic) bond motifs is 1. The molecule has 0 amide bonds. The molecular formula is C28H43F2NO2. The van der Waals surface area contributed by atoms with Gasteiger partial charge in [-0.3, -0.25) is 0 Å². The van der Waals surface area contributed by atoms with Crippen molar-refractivity contribution in [2.75, 3.05) is 19.6 Å². The monoisotopic (exact) mass is 463 g/mol. The third-order valence-corrected chi connectivity index (χ3v) is 9.52. The van der Waals surface area contributed by atoms with Gasteiger partial charge in [0.15, 0.2) is 0 Å². The van der Waals surface area contributed by atoms with Crippen LogP contribution < -0.4 is 0 Å². The molecular weight excluding hydrogens is 420 g/mol. The molecule has 186 valence electrons. The highest BCUT2D eigenvalue weighted by molar-refractivity contribution is 5.38. The van der Waals surface area contributed by atoms with Gasteiger partial charge in [-0.2, -0.15) is 0 Å². The molecule has 0 aromatic heterocycles. The Morgan fingerprint density at radius 3 is 2.58 bits per heavy atom. The summed E-state index contributed by atoms with van der Waals surface area (Å²) in [5.74, 6) is 1.42. The Labute approximate surface area is 198 Å². The highest BCUT2D eigenvalue weighted by atomic mass is 19.3. The summed E-state index contributed by atoms with van der Waals surface area (Å²) in [6, 6.07) is 0. The zero-order valence-electron chi connectivity index (χ0n) is 20.5. The first-order valence-corrected chi connectivity index (χ1v) is 13.1. The van der Waals surface area contributed by atoms with Crippen molar-refractivity contribution in [1.82, 2.24) is 4.90 Å². The van der Waals surface area contributed by atoms with Crippen LogP contribution in [0.1, 0.15) is 71.6 Å². The van der Waals surface area contributed by atoms with E-state index in [2.05, 4.69) is 37.5 Å². The minimum Gasteiger partial charge on any atom is -0.393 e. The zero-order valence-corrected chi connectivity index (χ0v) is 20.5. The quantitative estimate of drug-likeness (QED) is 0.546. The van der Waals surface area contributed by atoms with Gasteiger partial charge in [-0.25, -0.2) is 8.78 Å². The van der Waals surface area contributed by atoms with E-state index >= 15 is 0 Å². The van der Waals surface area contributed by atoms with E-state index in [4.69, 9.17) is 0 Å². The zero-order chi connectivity index (χ0) is 23.8. The lowest BCUT2D eigenvalue weighted by molar-refractivity contribution is 0.0227. The molecule has 0 bridgehead atoms. The van der Waals surface area contributed by atoms with Crippen molar-refractivity contribution >= 4 is 0 Å². The number of nitrogens with zero attached hydrogens (tertiary/aromatic N) is 1. The number of likely N-dealkylation sites (tertiary alicyclic amines) is 1. The summed E-state index contributed by atoms with van der Waals surface area (Å²) in [5.41, 5.74) is 3.55. The summed E-state index contributed by atoms with van der Waals surface area (Å²) in [4.78, 5) is 2.43. The predicted molar refractivity (Wildman–Crippen MR) is 129 cm³/mol. The van der Waals surface area contributed by atoms with Crippen molar-refractivity contribution in [2.24, 2.45) is 29.1 Å². The number of alkyl halides is 2. The molecule has 1 heterocycles. The van der Waals surface area contributed by atoms with Crippen molar-refractivity contribution in [2.45, 2.75) is 90.3 Å². The number of aliphatic hydroxyl groups is 2. The number of piperidine rings is 1. The first kappa shape index (κ1) is 25.1. The smallest absolute Gasteiger partial charge is 0.241 e. The topological polar surface area (TPSA) is 43.7 Å². The van der Waals surface area contributed by atoms with E-state index in [1.165, 1.54) is 31.3 Å². The maximum atomic E-state index is 13.0. The van der Waals surface area contributed by atoms with Gasteiger partial charge in [-0.15, -0.1) is 0 Å². The standard InChI is InChI=1S/C28H43F2NO2/c1-18(17-31-13-10-21(11-14-31)27(29)30)24-8-9-25-20(5-4-12-28(24,25)3)6-7-22-15-23(32)16-26(33)19(22)2/h6-7,18,21,23-27,32-33H,2,4-5,8-17H2,1,3H3/t18?,23-,24-,25+,26+,28-/m1/s1. The molecule has 4 fully saturated rings. The van der Waals surface area contributed by atoms with Crippen LogP contribution in [0, 0.1) is 29.1 Å². The Kier molecular flexibility index (Phi) is 7.82. The Hall–Kier alpha value is -1.04. The summed E-state index contributed by atoms with van der Waals surface area (Å²) >= 11 is 0. The van der Waals surface area contributed by atoms with E-state index in [1.807, 2.05) is 0 Å². The lowest BCUT2D eigenvalue weighted by Crippen LogP contribution is -2.42. The SMILES string of the molecule is C=C1C(=CC=C2CCC[C@]3(C)[C@@H](C(C)CN4CCC(C(F)F)CC4)CC[C@@H]23)C[C@@H](O)C[C@@H]1O. The first-order chi connectivity index (χ1) is 15.7. The predicted octanol–water partition coefficient (Wildman–Crippen LogP) is 5.74. The lowest BCUT2D eigenvalue weighted by atomic mass is 9.61. The normalized spacial score (nSPS) is 40.0. The number of hydrogen-bond donors (Lipinski definition) is 2. The van der Waals surface area contributed by atoms with E-state index in [9.17, 15) is 19.0 Å². The number of rotatable bonds is 5. The van der Waals surface area contributed by atoms with Crippen molar-refractivity contribution in [3.63, 3.8) is 0 Å². The van der Waals surface area contributed by atoms with Gasteiger partial charge in [-0.1, -0.05) is 38.2 Å². The van der Waals surface area contributed by atoms with Gasteiger partial charge in [0, 0.05) is 18.9 Å². The summed E-state index contributed by atoms with van der Waals surface area (Å²) in [5, 5.41) is 20.2. The Morgan fingerprint density at radius 2 is 1.88 bits per heavy atom. The average Bonchev–Trinajstić information content (AvgIpc) is 3.13. The molecule has 6 atom stereocenters. The molecule has 2 N–H and O–H groups in total. The number of aliphatic hydroxyl groups excluding tert-OH is 2. The molecule has 33 heavy (non-hydrogen) atoms. The molecule has 4 aliphatic rings. The summed E-state index contributed by atoms with van der Waals surface area (Å²) in [6.07, 6.45) is 9.36. The number of hydrogen-bond acceptors (Lipinski definition) is 3. The van der Waals surface area contributed by atoms with Crippen LogP contribution in [0.3, 0.4) is 0 Å². The fourth-order valence-corrected chi connectivity index (χ4v) is 7.60.